The maximum atomic E-state index is 15.2. The third-order valence-electron chi connectivity index (χ3n) is 6.60. The summed E-state index contributed by atoms with van der Waals surface area (Å²) < 4.78 is 83.7. The number of alkyl halides is 3. The zero-order chi connectivity index (χ0) is 27.3. The first kappa shape index (κ1) is 27.6. The molecule has 0 bridgehead atoms. The highest BCUT2D eigenvalue weighted by atomic mass is 19.4. The molecular weight excluding hydrogens is 502 g/mol. The molecular formula is C31H28F6O. The van der Waals surface area contributed by atoms with Crippen molar-refractivity contribution in [1.29, 1.82) is 0 Å². The van der Waals surface area contributed by atoms with Crippen LogP contribution in [0.4, 0.5) is 26.3 Å². The first-order valence-electron chi connectivity index (χ1n) is 12.7. The van der Waals surface area contributed by atoms with Crippen LogP contribution < -0.4 is 4.74 Å². The highest BCUT2D eigenvalue weighted by Crippen LogP contribution is 2.31. The molecule has 38 heavy (non-hydrogen) atoms. The monoisotopic (exact) mass is 530 g/mol. The highest BCUT2D eigenvalue weighted by Gasteiger charge is 2.34. The Morgan fingerprint density at radius 3 is 2.00 bits per heavy atom. The van der Waals surface area contributed by atoms with Crippen molar-refractivity contribution in [3.63, 3.8) is 0 Å². The smallest absolute Gasteiger partial charge is 0.399 e. The van der Waals surface area contributed by atoms with Crippen molar-refractivity contribution in [2.75, 3.05) is 0 Å². The molecule has 7 heteroatoms. The lowest BCUT2D eigenvalue weighted by molar-refractivity contribution is -0.276. The summed E-state index contributed by atoms with van der Waals surface area (Å²) in [6.45, 7) is 2.19. The lowest BCUT2D eigenvalue weighted by atomic mass is 9.96. The molecule has 200 valence electrons. The van der Waals surface area contributed by atoms with Crippen LogP contribution in [0, 0.1) is 17.5 Å². The Balaban J connectivity index is 1.46. The Morgan fingerprint density at radius 2 is 1.34 bits per heavy atom. The summed E-state index contributed by atoms with van der Waals surface area (Å²) in [7, 11) is 0. The summed E-state index contributed by atoms with van der Waals surface area (Å²) in [6, 6.07) is 18.8. The summed E-state index contributed by atoms with van der Waals surface area (Å²) in [6.07, 6.45) is 0.845. The van der Waals surface area contributed by atoms with Gasteiger partial charge in [0.05, 0.1) is 0 Å². The van der Waals surface area contributed by atoms with E-state index in [4.69, 9.17) is 0 Å². The SMILES string of the molecule is CCCCCCc1ccc(-c2ccc3c(F)c(CCc4cc(F)c(OC(F)(F)F)c(F)c4)ccc3c2)cc1. The Hall–Kier alpha value is -3.48. The van der Waals surface area contributed by atoms with Gasteiger partial charge in [-0.05, 0) is 77.1 Å². The third-order valence-corrected chi connectivity index (χ3v) is 6.60. The maximum absolute atomic E-state index is 15.2. The van der Waals surface area contributed by atoms with E-state index < -0.39 is 29.6 Å². The average molecular weight is 531 g/mol. The molecule has 0 heterocycles. The standard InChI is InChI=1S/C31H28F6O/c1-2-3-4-5-6-20-7-10-22(11-8-20)24-15-16-26-25(19-24)14-13-23(29(26)34)12-9-21-17-27(32)30(28(33)18-21)38-31(35,36)37/h7-8,10-11,13-19H,2-6,9,12H2,1H3. The Bertz CT molecular complexity index is 1370. The molecule has 0 atom stereocenters. The molecule has 1 nitrogen and oxygen atoms in total. The number of hydrogen-bond donors (Lipinski definition) is 0. The molecule has 0 N–H and O–H groups in total. The van der Waals surface area contributed by atoms with Gasteiger partial charge in [-0.3, -0.25) is 0 Å². The van der Waals surface area contributed by atoms with E-state index in [0.29, 0.717) is 10.9 Å². The molecule has 0 unspecified atom stereocenters. The van der Waals surface area contributed by atoms with E-state index in [2.05, 4.69) is 35.9 Å². The first-order valence-corrected chi connectivity index (χ1v) is 12.7. The van der Waals surface area contributed by atoms with Crippen LogP contribution >= 0.6 is 0 Å². The second-order valence-electron chi connectivity index (χ2n) is 9.42. The fourth-order valence-electron chi connectivity index (χ4n) is 4.58. The molecule has 0 saturated carbocycles. The summed E-state index contributed by atoms with van der Waals surface area (Å²) in [5.41, 5.74) is 3.74. The predicted octanol–water partition coefficient (Wildman–Crippen LogP) is 9.73. The van der Waals surface area contributed by atoms with Gasteiger partial charge in [-0.2, -0.15) is 0 Å². The highest BCUT2D eigenvalue weighted by molar-refractivity contribution is 5.88. The van der Waals surface area contributed by atoms with E-state index in [-0.39, 0.29) is 18.4 Å². The molecule has 4 aromatic carbocycles. The van der Waals surface area contributed by atoms with E-state index in [9.17, 15) is 22.0 Å². The van der Waals surface area contributed by atoms with Crippen LogP contribution in [0.25, 0.3) is 21.9 Å². The lowest BCUT2D eigenvalue weighted by Crippen LogP contribution is -2.19. The Morgan fingerprint density at radius 1 is 0.658 bits per heavy atom. The molecule has 0 fully saturated rings. The van der Waals surface area contributed by atoms with Crippen molar-refractivity contribution in [3.05, 3.63) is 101 Å². The first-order chi connectivity index (χ1) is 18.1. The van der Waals surface area contributed by atoms with Gasteiger partial charge in [-0.15, -0.1) is 13.2 Å². The van der Waals surface area contributed by atoms with Crippen LogP contribution in [0.5, 0.6) is 5.75 Å². The number of unbranched alkanes of at least 4 members (excludes halogenated alkanes) is 3. The number of halogens is 6. The summed E-state index contributed by atoms with van der Waals surface area (Å²) in [5, 5.41) is 1.14. The molecule has 0 radical (unpaired) electrons. The minimum absolute atomic E-state index is 0.0332. The third kappa shape index (κ3) is 6.88. The van der Waals surface area contributed by atoms with Crippen molar-refractivity contribution < 1.29 is 31.1 Å². The van der Waals surface area contributed by atoms with E-state index in [1.54, 1.807) is 18.2 Å². The van der Waals surface area contributed by atoms with Gasteiger partial charge in [0.15, 0.2) is 11.6 Å². The number of ether oxygens (including phenoxy) is 1. The number of fused-ring (bicyclic) bond motifs is 1. The summed E-state index contributed by atoms with van der Waals surface area (Å²) >= 11 is 0. The van der Waals surface area contributed by atoms with Crippen LogP contribution in [-0.2, 0) is 19.3 Å². The van der Waals surface area contributed by atoms with Gasteiger partial charge in [0, 0.05) is 5.39 Å². The molecule has 0 aliphatic carbocycles. The number of benzene rings is 4. The number of rotatable bonds is 10. The van der Waals surface area contributed by atoms with E-state index in [0.717, 1.165) is 35.1 Å². The van der Waals surface area contributed by atoms with Crippen LogP contribution in [-0.4, -0.2) is 6.36 Å². The number of aryl methyl sites for hydroxylation is 3. The molecule has 4 rings (SSSR count). The second kappa shape index (κ2) is 11.9. The normalized spacial score (nSPS) is 11.8. The summed E-state index contributed by atoms with van der Waals surface area (Å²) in [4.78, 5) is 0. The van der Waals surface area contributed by atoms with Gasteiger partial charge in [0.2, 0.25) is 5.75 Å². The quantitative estimate of drug-likeness (QED) is 0.146. The van der Waals surface area contributed by atoms with Gasteiger partial charge in [0.25, 0.3) is 0 Å². The fourth-order valence-corrected chi connectivity index (χ4v) is 4.58. The van der Waals surface area contributed by atoms with Gasteiger partial charge in [-0.25, -0.2) is 13.2 Å². The second-order valence-corrected chi connectivity index (χ2v) is 9.42. The molecule has 0 spiro atoms. The molecule has 0 aliphatic heterocycles. The fraction of sp³-hybridized carbons (Fsp3) is 0.290. The topological polar surface area (TPSA) is 9.23 Å². The Labute approximate surface area is 218 Å². The van der Waals surface area contributed by atoms with Gasteiger partial charge < -0.3 is 4.74 Å². The van der Waals surface area contributed by atoms with Crippen molar-refractivity contribution >= 4 is 10.8 Å². The number of hydrogen-bond acceptors (Lipinski definition) is 1. The van der Waals surface area contributed by atoms with Crippen molar-refractivity contribution in [3.8, 4) is 16.9 Å². The largest absolute Gasteiger partial charge is 0.573 e. The van der Waals surface area contributed by atoms with Crippen molar-refractivity contribution in [1.82, 2.24) is 0 Å². The minimum Gasteiger partial charge on any atom is -0.399 e. The Kier molecular flexibility index (Phi) is 8.65. The van der Waals surface area contributed by atoms with Crippen LogP contribution in [0.1, 0.15) is 49.3 Å². The molecule has 0 saturated heterocycles. The minimum atomic E-state index is -5.21. The molecule has 4 aromatic rings. The summed E-state index contributed by atoms with van der Waals surface area (Å²) in [5.74, 6) is -4.87. The van der Waals surface area contributed by atoms with E-state index in [1.807, 2.05) is 12.1 Å². The lowest BCUT2D eigenvalue weighted by Gasteiger charge is -2.12. The molecule has 0 aliphatic rings. The molecule has 0 amide bonds. The van der Waals surface area contributed by atoms with Crippen LogP contribution in [0.3, 0.4) is 0 Å². The van der Waals surface area contributed by atoms with E-state index in [1.165, 1.54) is 31.2 Å². The average Bonchev–Trinajstić information content (AvgIpc) is 2.88. The van der Waals surface area contributed by atoms with Crippen molar-refractivity contribution in [2.24, 2.45) is 0 Å². The van der Waals surface area contributed by atoms with Crippen LogP contribution in [0.2, 0.25) is 0 Å². The van der Waals surface area contributed by atoms with Gasteiger partial charge >= 0.3 is 6.36 Å². The van der Waals surface area contributed by atoms with E-state index >= 15 is 4.39 Å². The zero-order valence-corrected chi connectivity index (χ0v) is 21.0. The zero-order valence-electron chi connectivity index (χ0n) is 21.0. The van der Waals surface area contributed by atoms with Crippen LogP contribution in [0.15, 0.2) is 66.7 Å². The predicted molar refractivity (Wildman–Crippen MR) is 138 cm³/mol. The maximum Gasteiger partial charge on any atom is 0.573 e. The molecule has 0 aromatic heterocycles. The van der Waals surface area contributed by atoms with Crippen molar-refractivity contribution in [2.45, 2.75) is 58.2 Å². The van der Waals surface area contributed by atoms with Gasteiger partial charge in [0.1, 0.15) is 5.82 Å². The van der Waals surface area contributed by atoms with Gasteiger partial charge in [-0.1, -0.05) is 74.7 Å².